The van der Waals surface area contributed by atoms with Gasteiger partial charge in [-0.15, -0.1) is 0 Å². The number of nitrogens with one attached hydrogen (secondary N) is 2. The maximum atomic E-state index is 12.7. The minimum Gasteiger partial charge on any atom is -0.384 e. The average molecular weight is 362 g/mol. The molecule has 1 heterocycles. The van der Waals surface area contributed by atoms with Crippen molar-refractivity contribution in [3.63, 3.8) is 0 Å². The Labute approximate surface area is 154 Å². The van der Waals surface area contributed by atoms with Crippen molar-refractivity contribution < 1.29 is 14.7 Å². The van der Waals surface area contributed by atoms with E-state index in [1.165, 1.54) is 20.3 Å². The standard InChI is InChI=1S/C19H30N4O3/c1-19(2,26)18(25)23-15(10-13-6-4-3-5-7-13)17(24)22-12-14-8-9-16(20)21-11-14/h8-9,11,13,15,26H,3-7,10,12H2,1-2H3,(H2,20,21)(H,22,24)(H,23,25)/t15-/m0/s1. The molecule has 0 saturated heterocycles. The van der Waals surface area contributed by atoms with Crippen molar-refractivity contribution in [2.45, 2.75) is 70.6 Å². The first-order valence-corrected chi connectivity index (χ1v) is 9.27. The van der Waals surface area contributed by atoms with E-state index < -0.39 is 17.6 Å². The molecule has 1 aromatic rings. The van der Waals surface area contributed by atoms with Gasteiger partial charge in [0.2, 0.25) is 5.91 Å². The fourth-order valence-electron chi connectivity index (χ4n) is 3.18. The number of carbonyl (C=O) groups is 2. The molecule has 5 N–H and O–H groups in total. The highest BCUT2D eigenvalue weighted by atomic mass is 16.3. The van der Waals surface area contributed by atoms with Gasteiger partial charge in [0, 0.05) is 12.7 Å². The molecule has 2 amide bonds. The lowest BCUT2D eigenvalue weighted by atomic mass is 9.84. The summed E-state index contributed by atoms with van der Waals surface area (Å²) < 4.78 is 0. The third-order valence-corrected chi connectivity index (χ3v) is 4.79. The molecule has 7 heteroatoms. The van der Waals surface area contributed by atoms with Gasteiger partial charge in [-0.25, -0.2) is 4.98 Å². The summed E-state index contributed by atoms with van der Waals surface area (Å²) in [4.78, 5) is 28.8. The summed E-state index contributed by atoms with van der Waals surface area (Å²) in [6.45, 7) is 3.14. The van der Waals surface area contributed by atoms with Gasteiger partial charge >= 0.3 is 0 Å². The second kappa shape index (κ2) is 8.98. The maximum absolute atomic E-state index is 12.7. The highest BCUT2D eigenvalue weighted by molar-refractivity contribution is 5.90. The molecule has 7 nitrogen and oxygen atoms in total. The monoisotopic (exact) mass is 362 g/mol. The molecular weight excluding hydrogens is 332 g/mol. The molecular formula is C19H30N4O3. The van der Waals surface area contributed by atoms with Crippen LogP contribution in [-0.2, 0) is 16.1 Å². The predicted octanol–water partition coefficient (Wildman–Crippen LogP) is 1.51. The Balaban J connectivity index is 1.99. The summed E-state index contributed by atoms with van der Waals surface area (Å²) >= 11 is 0. The molecule has 0 aromatic carbocycles. The van der Waals surface area contributed by atoms with E-state index in [-0.39, 0.29) is 5.91 Å². The van der Waals surface area contributed by atoms with E-state index in [1.807, 2.05) is 0 Å². The Kier molecular flexibility index (Phi) is 6.97. The van der Waals surface area contributed by atoms with E-state index in [0.29, 0.717) is 24.7 Å². The van der Waals surface area contributed by atoms with Gasteiger partial charge in [0.1, 0.15) is 17.5 Å². The van der Waals surface area contributed by atoms with Crippen molar-refractivity contribution in [2.75, 3.05) is 5.73 Å². The minimum atomic E-state index is -1.52. The number of nitrogens with two attached hydrogens (primary N) is 1. The molecule has 2 rings (SSSR count). The first kappa shape index (κ1) is 20.2. The van der Waals surface area contributed by atoms with Crippen LogP contribution in [0.4, 0.5) is 5.82 Å². The quantitative estimate of drug-likeness (QED) is 0.586. The van der Waals surface area contributed by atoms with Crippen molar-refractivity contribution in [3.05, 3.63) is 23.9 Å². The number of carbonyl (C=O) groups excluding carboxylic acids is 2. The summed E-state index contributed by atoms with van der Waals surface area (Å²) in [6.07, 6.45) is 7.90. The second-order valence-corrected chi connectivity index (χ2v) is 7.63. The number of aromatic nitrogens is 1. The molecule has 1 aliphatic carbocycles. The van der Waals surface area contributed by atoms with Gasteiger partial charge in [-0.3, -0.25) is 9.59 Å². The molecule has 1 aromatic heterocycles. The molecule has 1 aliphatic rings. The predicted molar refractivity (Wildman–Crippen MR) is 99.9 cm³/mol. The SMILES string of the molecule is CC(C)(O)C(=O)N[C@@H](CC1CCCCC1)C(=O)NCc1ccc(N)nc1. The number of anilines is 1. The fourth-order valence-corrected chi connectivity index (χ4v) is 3.18. The lowest BCUT2D eigenvalue weighted by molar-refractivity contribution is -0.140. The van der Waals surface area contributed by atoms with E-state index in [1.54, 1.807) is 18.3 Å². The number of hydrogen-bond donors (Lipinski definition) is 4. The van der Waals surface area contributed by atoms with Crippen LogP contribution in [0.2, 0.25) is 0 Å². The van der Waals surface area contributed by atoms with Crippen molar-refractivity contribution in [1.29, 1.82) is 0 Å². The second-order valence-electron chi connectivity index (χ2n) is 7.63. The largest absolute Gasteiger partial charge is 0.384 e. The van der Waals surface area contributed by atoms with Crippen LogP contribution < -0.4 is 16.4 Å². The van der Waals surface area contributed by atoms with E-state index in [4.69, 9.17) is 5.73 Å². The fraction of sp³-hybridized carbons (Fsp3) is 0.632. The number of hydrogen-bond acceptors (Lipinski definition) is 5. The molecule has 0 unspecified atom stereocenters. The topological polar surface area (TPSA) is 117 Å². The highest BCUT2D eigenvalue weighted by Gasteiger charge is 2.31. The number of nitrogens with zero attached hydrogens (tertiary/aromatic N) is 1. The molecule has 0 aliphatic heterocycles. The molecule has 0 radical (unpaired) electrons. The van der Waals surface area contributed by atoms with E-state index >= 15 is 0 Å². The molecule has 1 fully saturated rings. The number of pyridine rings is 1. The summed E-state index contributed by atoms with van der Waals surface area (Å²) in [5.74, 6) is 0.0556. The zero-order valence-corrected chi connectivity index (χ0v) is 15.6. The summed E-state index contributed by atoms with van der Waals surface area (Å²) in [5.41, 5.74) is 4.87. The Morgan fingerprint density at radius 2 is 2.00 bits per heavy atom. The Morgan fingerprint density at radius 1 is 1.31 bits per heavy atom. The van der Waals surface area contributed by atoms with Gasteiger partial charge in [-0.2, -0.15) is 0 Å². The summed E-state index contributed by atoms with van der Waals surface area (Å²) in [6, 6.07) is 2.82. The molecule has 144 valence electrons. The molecule has 0 spiro atoms. The van der Waals surface area contributed by atoms with Gasteiger partial charge in [0.15, 0.2) is 0 Å². The molecule has 1 atom stereocenters. The van der Waals surface area contributed by atoms with E-state index in [0.717, 1.165) is 31.2 Å². The summed E-state index contributed by atoms with van der Waals surface area (Å²) in [5, 5.41) is 15.5. The average Bonchev–Trinajstić information content (AvgIpc) is 2.60. The number of aliphatic hydroxyl groups is 1. The zero-order chi connectivity index (χ0) is 19.2. The minimum absolute atomic E-state index is 0.245. The third kappa shape index (κ3) is 6.29. The third-order valence-electron chi connectivity index (χ3n) is 4.79. The van der Waals surface area contributed by atoms with E-state index in [2.05, 4.69) is 15.6 Å². The van der Waals surface area contributed by atoms with Crippen LogP contribution in [0.15, 0.2) is 18.3 Å². The lowest BCUT2D eigenvalue weighted by Crippen LogP contribution is -2.53. The number of nitrogen functional groups attached to an aromatic ring is 1. The van der Waals surface area contributed by atoms with Gasteiger partial charge < -0.3 is 21.5 Å². The van der Waals surface area contributed by atoms with Gasteiger partial charge in [0.25, 0.3) is 5.91 Å². The van der Waals surface area contributed by atoms with Crippen molar-refractivity contribution in [2.24, 2.45) is 5.92 Å². The first-order chi connectivity index (χ1) is 12.3. The van der Waals surface area contributed by atoms with Crippen molar-refractivity contribution in [1.82, 2.24) is 15.6 Å². The normalized spacial score (nSPS) is 16.7. The van der Waals surface area contributed by atoms with Crippen LogP contribution in [0, 0.1) is 5.92 Å². The first-order valence-electron chi connectivity index (χ1n) is 9.27. The van der Waals surface area contributed by atoms with Gasteiger partial charge in [0.05, 0.1) is 0 Å². The Morgan fingerprint density at radius 3 is 2.58 bits per heavy atom. The van der Waals surface area contributed by atoms with Crippen molar-refractivity contribution in [3.8, 4) is 0 Å². The van der Waals surface area contributed by atoms with Gasteiger partial charge in [-0.1, -0.05) is 38.2 Å². The summed E-state index contributed by atoms with van der Waals surface area (Å²) in [7, 11) is 0. The van der Waals surface area contributed by atoms with Crippen LogP contribution in [-0.4, -0.2) is 33.5 Å². The Bertz CT molecular complexity index is 604. The van der Waals surface area contributed by atoms with Crippen LogP contribution in [0.25, 0.3) is 0 Å². The maximum Gasteiger partial charge on any atom is 0.252 e. The Hall–Kier alpha value is -2.15. The number of amides is 2. The van der Waals surface area contributed by atoms with Crippen LogP contribution in [0.5, 0.6) is 0 Å². The molecule has 26 heavy (non-hydrogen) atoms. The lowest BCUT2D eigenvalue weighted by Gasteiger charge is -2.28. The van der Waals surface area contributed by atoms with Crippen molar-refractivity contribution >= 4 is 17.6 Å². The van der Waals surface area contributed by atoms with Crippen LogP contribution in [0.3, 0.4) is 0 Å². The van der Waals surface area contributed by atoms with Crippen LogP contribution in [0.1, 0.15) is 57.9 Å². The zero-order valence-electron chi connectivity index (χ0n) is 15.6. The van der Waals surface area contributed by atoms with E-state index in [9.17, 15) is 14.7 Å². The van der Waals surface area contributed by atoms with Gasteiger partial charge in [-0.05, 0) is 37.8 Å². The molecule has 0 bridgehead atoms. The van der Waals surface area contributed by atoms with Crippen LogP contribution >= 0.6 is 0 Å². The number of rotatable bonds is 7. The molecule has 1 saturated carbocycles. The highest BCUT2D eigenvalue weighted by Crippen LogP contribution is 2.27. The smallest absolute Gasteiger partial charge is 0.252 e.